The Hall–Kier alpha value is -3.48. The van der Waals surface area contributed by atoms with Crippen LogP contribution in [0.3, 0.4) is 0 Å². The molecule has 1 unspecified atom stereocenters. The Morgan fingerprint density at radius 1 is 1.00 bits per heavy atom. The van der Waals surface area contributed by atoms with Crippen LogP contribution < -0.4 is 15.6 Å². The Balaban J connectivity index is 1.50. The third-order valence-corrected chi connectivity index (χ3v) is 4.63. The van der Waals surface area contributed by atoms with Crippen LogP contribution in [0.1, 0.15) is 25.3 Å². The molecule has 0 aromatic heterocycles. The van der Waals surface area contributed by atoms with Gasteiger partial charge in [-0.25, -0.2) is 0 Å². The van der Waals surface area contributed by atoms with Gasteiger partial charge in [-0.2, -0.15) is 5.10 Å². The van der Waals surface area contributed by atoms with Crippen molar-refractivity contribution in [3.63, 3.8) is 0 Å². The van der Waals surface area contributed by atoms with E-state index in [1.54, 1.807) is 5.01 Å². The molecule has 2 aromatic carbocycles. The molecule has 1 atom stereocenters. The predicted octanol–water partition coefficient (Wildman–Crippen LogP) is 2.03. The first kappa shape index (κ1) is 20.3. The lowest BCUT2D eigenvalue weighted by molar-refractivity contribution is -0.121. The van der Waals surface area contributed by atoms with E-state index in [2.05, 4.69) is 15.7 Å². The van der Waals surface area contributed by atoms with Gasteiger partial charge in [-0.3, -0.25) is 19.4 Å². The average molecular weight is 392 g/mol. The molecule has 7 nitrogen and oxygen atoms in total. The molecule has 29 heavy (non-hydrogen) atoms. The van der Waals surface area contributed by atoms with E-state index >= 15 is 0 Å². The van der Waals surface area contributed by atoms with E-state index in [4.69, 9.17) is 0 Å². The number of carbonyl (C=O) groups excluding carboxylic acids is 3. The van der Waals surface area contributed by atoms with Gasteiger partial charge in [0.1, 0.15) is 11.8 Å². The number of amides is 2. The van der Waals surface area contributed by atoms with E-state index in [-0.39, 0.29) is 37.0 Å². The summed E-state index contributed by atoms with van der Waals surface area (Å²) in [4.78, 5) is 36.4. The van der Waals surface area contributed by atoms with Gasteiger partial charge >= 0.3 is 0 Å². The standard InChI is InChI=1S/C22H24N4O3/c1-16(27)20-14-19(25-26(20)18-10-6-3-7-11-18)22(29)23-13-12-21(28)24-15-17-8-4-2-5-9-17/h2-11,20H,12-15H2,1H3,(H,23,29)(H,24,28). The van der Waals surface area contributed by atoms with Crippen LogP contribution in [0.2, 0.25) is 0 Å². The highest BCUT2D eigenvalue weighted by molar-refractivity contribution is 6.40. The van der Waals surface area contributed by atoms with Crippen LogP contribution in [0, 0.1) is 0 Å². The average Bonchev–Trinajstić information content (AvgIpc) is 3.20. The minimum Gasteiger partial charge on any atom is -0.352 e. The molecule has 0 saturated heterocycles. The minimum absolute atomic E-state index is 0.0549. The summed E-state index contributed by atoms with van der Waals surface area (Å²) in [6.45, 7) is 2.15. The van der Waals surface area contributed by atoms with Crippen molar-refractivity contribution in [2.75, 3.05) is 11.6 Å². The summed E-state index contributed by atoms with van der Waals surface area (Å²) in [5.74, 6) is -0.554. The Labute approximate surface area is 169 Å². The fourth-order valence-corrected chi connectivity index (χ4v) is 3.06. The van der Waals surface area contributed by atoms with E-state index < -0.39 is 6.04 Å². The van der Waals surface area contributed by atoms with Crippen LogP contribution in [0.25, 0.3) is 0 Å². The molecule has 0 radical (unpaired) electrons. The van der Waals surface area contributed by atoms with Crippen molar-refractivity contribution in [1.29, 1.82) is 0 Å². The van der Waals surface area contributed by atoms with Gasteiger partial charge in [0.05, 0.1) is 5.69 Å². The van der Waals surface area contributed by atoms with Crippen molar-refractivity contribution >= 4 is 29.0 Å². The number of carbonyl (C=O) groups is 3. The third-order valence-electron chi connectivity index (χ3n) is 4.63. The largest absolute Gasteiger partial charge is 0.352 e. The minimum atomic E-state index is -0.493. The molecule has 7 heteroatoms. The van der Waals surface area contributed by atoms with Crippen molar-refractivity contribution in [3.8, 4) is 0 Å². The zero-order valence-corrected chi connectivity index (χ0v) is 16.3. The number of hydrogen-bond donors (Lipinski definition) is 2. The second-order valence-corrected chi connectivity index (χ2v) is 6.83. The van der Waals surface area contributed by atoms with E-state index in [0.717, 1.165) is 11.3 Å². The lowest BCUT2D eigenvalue weighted by Gasteiger charge is -2.20. The number of para-hydroxylation sites is 1. The molecule has 1 aliphatic rings. The number of ketones is 1. The van der Waals surface area contributed by atoms with Crippen molar-refractivity contribution in [2.24, 2.45) is 5.10 Å². The second kappa shape index (κ2) is 9.64. The molecule has 0 aliphatic carbocycles. The highest BCUT2D eigenvalue weighted by atomic mass is 16.2. The number of hydrogen-bond acceptors (Lipinski definition) is 5. The fraction of sp³-hybridized carbons (Fsp3) is 0.273. The lowest BCUT2D eigenvalue weighted by Crippen LogP contribution is -2.35. The Kier molecular flexibility index (Phi) is 6.73. The number of nitrogens with one attached hydrogen (secondary N) is 2. The number of nitrogens with zero attached hydrogens (tertiary/aromatic N) is 2. The highest BCUT2D eigenvalue weighted by Gasteiger charge is 2.33. The summed E-state index contributed by atoms with van der Waals surface area (Å²) < 4.78 is 0. The van der Waals surface area contributed by atoms with Gasteiger partial charge in [-0.15, -0.1) is 0 Å². The Morgan fingerprint density at radius 3 is 2.31 bits per heavy atom. The molecule has 2 amide bonds. The molecule has 0 spiro atoms. The SMILES string of the molecule is CC(=O)C1CC(C(=O)NCCC(=O)NCc2ccccc2)=NN1c1ccccc1. The first-order valence-corrected chi connectivity index (χ1v) is 9.55. The Morgan fingerprint density at radius 2 is 1.66 bits per heavy atom. The first-order chi connectivity index (χ1) is 14.0. The monoisotopic (exact) mass is 392 g/mol. The summed E-state index contributed by atoms with van der Waals surface area (Å²) in [6, 6.07) is 18.4. The summed E-state index contributed by atoms with van der Waals surface area (Å²) in [5, 5.41) is 11.5. The van der Waals surface area contributed by atoms with Gasteiger partial charge in [-0.1, -0.05) is 48.5 Å². The van der Waals surface area contributed by atoms with Gasteiger partial charge in [0.15, 0.2) is 5.78 Å². The van der Waals surface area contributed by atoms with Crippen LogP contribution in [-0.4, -0.2) is 35.9 Å². The molecule has 3 rings (SSSR count). The maximum Gasteiger partial charge on any atom is 0.267 e. The number of anilines is 1. The van der Waals surface area contributed by atoms with E-state index in [1.165, 1.54) is 6.92 Å². The summed E-state index contributed by atoms with van der Waals surface area (Å²) in [7, 11) is 0. The first-order valence-electron chi connectivity index (χ1n) is 9.55. The van der Waals surface area contributed by atoms with Gasteiger partial charge in [0.25, 0.3) is 5.91 Å². The normalized spacial score (nSPS) is 15.6. The zero-order chi connectivity index (χ0) is 20.6. The lowest BCUT2D eigenvalue weighted by atomic mass is 10.1. The smallest absolute Gasteiger partial charge is 0.267 e. The molecule has 0 saturated carbocycles. The molecule has 2 N–H and O–H groups in total. The number of Topliss-reactive ketones (excluding diaryl/α,β-unsaturated/α-hetero) is 1. The van der Waals surface area contributed by atoms with Gasteiger partial charge < -0.3 is 10.6 Å². The summed E-state index contributed by atoms with van der Waals surface area (Å²) >= 11 is 0. The van der Waals surface area contributed by atoms with E-state index in [1.807, 2.05) is 60.7 Å². The maximum absolute atomic E-state index is 12.4. The Bertz CT molecular complexity index is 897. The zero-order valence-electron chi connectivity index (χ0n) is 16.3. The van der Waals surface area contributed by atoms with Crippen LogP contribution in [0.15, 0.2) is 65.8 Å². The van der Waals surface area contributed by atoms with E-state index in [0.29, 0.717) is 12.3 Å². The highest BCUT2D eigenvalue weighted by Crippen LogP contribution is 2.24. The fourth-order valence-electron chi connectivity index (χ4n) is 3.06. The van der Waals surface area contributed by atoms with Crippen molar-refractivity contribution in [2.45, 2.75) is 32.4 Å². The van der Waals surface area contributed by atoms with Crippen molar-refractivity contribution < 1.29 is 14.4 Å². The van der Waals surface area contributed by atoms with Crippen LogP contribution >= 0.6 is 0 Å². The molecular formula is C22H24N4O3. The number of benzene rings is 2. The number of rotatable bonds is 8. The molecule has 0 fully saturated rings. The van der Waals surface area contributed by atoms with E-state index in [9.17, 15) is 14.4 Å². The quantitative estimate of drug-likeness (QED) is 0.719. The van der Waals surface area contributed by atoms with Crippen molar-refractivity contribution in [3.05, 3.63) is 66.2 Å². The topological polar surface area (TPSA) is 90.9 Å². The molecule has 1 aliphatic heterocycles. The van der Waals surface area contributed by atoms with Crippen LogP contribution in [0.4, 0.5) is 5.69 Å². The molecule has 1 heterocycles. The third kappa shape index (κ3) is 5.51. The van der Waals surface area contributed by atoms with Crippen molar-refractivity contribution in [1.82, 2.24) is 10.6 Å². The number of hydrazone groups is 1. The molecular weight excluding hydrogens is 368 g/mol. The van der Waals surface area contributed by atoms with Crippen LogP contribution in [0.5, 0.6) is 0 Å². The molecule has 150 valence electrons. The molecule has 0 bridgehead atoms. The summed E-state index contributed by atoms with van der Waals surface area (Å²) in [6.07, 6.45) is 0.417. The van der Waals surface area contributed by atoms with Gasteiger partial charge in [0, 0.05) is 25.9 Å². The maximum atomic E-state index is 12.4. The molecule has 2 aromatic rings. The second-order valence-electron chi connectivity index (χ2n) is 6.83. The van der Waals surface area contributed by atoms with Gasteiger partial charge in [-0.05, 0) is 24.6 Å². The predicted molar refractivity (Wildman–Crippen MR) is 111 cm³/mol. The van der Waals surface area contributed by atoms with Crippen LogP contribution in [-0.2, 0) is 20.9 Å². The van der Waals surface area contributed by atoms with Gasteiger partial charge in [0.2, 0.25) is 5.91 Å². The summed E-state index contributed by atoms with van der Waals surface area (Å²) in [5.41, 5.74) is 2.07.